The second kappa shape index (κ2) is 13.7. The first-order valence-electron chi connectivity index (χ1n) is 12.9. The van der Waals surface area contributed by atoms with Gasteiger partial charge in [-0.15, -0.1) is 0 Å². The maximum atomic E-state index is 12.7. The Kier molecular flexibility index (Phi) is 11.6. The van der Waals surface area contributed by atoms with E-state index in [-0.39, 0.29) is 32.2 Å². The SMILES string of the molecule is C=C(C(=O)OCCCCCCCCCCOP(=O)(O)O)C12CC1CC(C(=O)OCC)(C(=O)OCC)C2. The molecule has 2 aliphatic carbocycles. The van der Waals surface area contributed by atoms with Gasteiger partial charge in [0, 0.05) is 11.0 Å². The Morgan fingerprint density at radius 3 is 1.83 bits per heavy atom. The predicted molar refractivity (Wildman–Crippen MR) is 131 cm³/mol. The van der Waals surface area contributed by atoms with Crippen LogP contribution in [0, 0.1) is 16.7 Å². The number of phosphoric ester groups is 1. The fourth-order valence-electron chi connectivity index (χ4n) is 5.21. The molecule has 0 amide bonds. The van der Waals surface area contributed by atoms with Crippen LogP contribution >= 0.6 is 7.82 Å². The van der Waals surface area contributed by atoms with Gasteiger partial charge in [0.25, 0.3) is 0 Å². The van der Waals surface area contributed by atoms with E-state index in [0.717, 1.165) is 44.9 Å². The Morgan fingerprint density at radius 1 is 0.833 bits per heavy atom. The number of unbranched alkanes of at least 4 members (excludes halogenated alkanes) is 7. The highest BCUT2D eigenvalue weighted by molar-refractivity contribution is 7.46. The molecule has 36 heavy (non-hydrogen) atoms. The minimum Gasteiger partial charge on any atom is -0.465 e. The van der Waals surface area contributed by atoms with Crippen molar-refractivity contribution in [3.63, 3.8) is 0 Å². The lowest BCUT2D eigenvalue weighted by Crippen LogP contribution is -2.42. The van der Waals surface area contributed by atoms with Crippen LogP contribution in [-0.4, -0.2) is 54.1 Å². The summed E-state index contributed by atoms with van der Waals surface area (Å²) in [4.78, 5) is 55.3. The molecule has 0 spiro atoms. The third-order valence-electron chi connectivity index (χ3n) is 7.16. The first kappa shape index (κ1) is 30.5. The van der Waals surface area contributed by atoms with Crippen molar-refractivity contribution >= 4 is 25.7 Å². The minimum atomic E-state index is -4.36. The smallest absolute Gasteiger partial charge is 0.465 e. The molecular weight excluding hydrogens is 491 g/mol. The molecule has 0 bridgehead atoms. The summed E-state index contributed by atoms with van der Waals surface area (Å²) >= 11 is 0. The summed E-state index contributed by atoms with van der Waals surface area (Å²) in [5, 5.41) is 0. The van der Waals surface area contributed by atoms with Gasteiger partial charge in [0.05, 0.1) is 26.4 Å². The zero-order valence-corrected chi connectivity index (χ0v) is 22.4. The van der Waals surface area contributed by atoms with Crippen molar-refractivity contribution in [3.8, 4) is 0 Å². The second-order valence-electron chi connectivity index (χ2n) is 9.73. The molecule has 206 valence electrons. The lowest BCUT2D eigenvalue weighted by molar-refractivity contribution is -0.173. The fraction of sp³-hybridized carbons (Fsp3) is 0.800. The molecule has 0 heterocycles. The Balaban J connectivity index is 1.66. The van der Waals surface area contributed by atoms with E-state index in [1.165, 1.54) is 0 Å². The summed E-state index contributed by atoms with van der Waals surface area (Å²) in [5.41, 5.74) is -1.66. The lowest BCUT2D eigenvalue weighted by Gasteiger charge is -2.28. The van der Waals surface area contributed by atoms with Crippen LogP contribution in [0.25, 0.3) is 0 Å². The van der Waals surface area contributed by atoms with Gasteiger partial charge in [0.1, 0.15) is 0 Å². The molecule has 0 aromatic carbocycles. The van der Waals surface area contributed by atoms with E-state index in [9.17, 15) is 18.9 Å². The van der Waals surface area contributed by atoms with Crippen molar-refractivity contribution < 1.29 is 47.5 Å². The molecule has 2 unspecified atom stereocenters. The zero-order chi connectivity index (χ0) is 26.8. The second-order valence-corrected chi connectivity index (χ2v) is 11.0. The topological polar surface area (TPSA) is 146 Å². The Labute approximate surface area is 213 Å². The minimum absolute atomic E-state index is 0.00900. The average molecular weight is 533 g/mol. The number of rotatable bonds is 18. The van der Waals surface area contributed by atoms with Gasteiger partial charge >= 0.3 is 25.7 Å². The standard InChI is InChI=1S/C25H41O10P/c1-4-32-22(27)25(23(28)33-5-2)17-20-16-24(20,18-25)19(3)21(26)34-14-12-10-8-6-7-9-11-13-15-35-36(29,30)31/h20H,3-18H2,1-2H3,(H2,29,30,31). The zero-order valence-electron chi connectivity index (χ0n) is 21.5. The van der Waals surface area contributed by atoms with Crippen molar-refractivity contribution in [2.75, 3.05) is 26.4 Å². The van der Waals surface area contributed by atoms with Crippen molar-refractivity contribution in [2.24, 2.45) is 16.7 Å². The normalized spacial score (nSPS) is 21.9. The quantitative estimate of drug-likeness (QED) is 0.0657. The summed E-state index contributed by atoms with van der Waals surface area (Å²) in [6.07, 6.45) is 8.34. The summed E-state index contributed by atoms with van der Waals surface area (Å²) in [6, 6.07) is 0. The van der Waals surface area contributed by atoms with Crippen LogP contribution in [-0.2, 0) is 37.7 Å². The van der Waals surface area contributed by atoms with Crippen molar-refractivity contribution in [1.29, 1.82) is 0 Å². The van der Waals surface area contributed by atoms with Crippen LogP contribution in [0.5, 0.6) is 0 Å². The maximum Gasteiger partial charge on any atom is 0.469 e. The van der Waals surface area contributed by atoms with Crippen LogP contribution in [0.15, 0.2) is 12.2 Å². The summed E-state index contributed by atoms with van der Waals surface area (Å²) in [5.74, 6) is -1.65. The van der Waals surface area contributed by atoms with E-state index in [1.807, 2.05) is 0 Å². The van der Waals surface area contributed by atoms with Gasteiger partial charge < -0.3 is 24.0 Å². The molecule has 0 aromatic heterocycles. The monoisotopic (exact) mass is 532 g/mol. The first-order chi connectivity index (χ1) is 17.0. The van der Waals surface area contributed by atoms with E-state index in [0.29, 0.717) is 31.4 Å². The molecule has 2 saturated carbocycles. The largest absolute Gasteiger partial charge is 0.469 e. The highest BCUT2D eigenvalue weighted by atomic mass is 31.2. The first-order valence-corrected chi connectivity index (χ1v) is 14.5. The number of phosphoric acid groups is 1. The molecule has 2 fully saturated rings. The van der Waals surface area contributed by atoms with Gasteiger partial charge in [-0.25, -0.2) is 9.36 Å². The van der Waals surface area contributed by atoms with E-state index in [2.05, 4.69) is 11.1 Å². The van der Waals surface area contributed by atoms with Gasteiger partial charge in [-0.2, -0.15) is 0 Å². The molecule has 2 rings (SSSR count). The van der Waals surface area contributed by atoms with Gasteiger partial charge in [-0.05, 0) is 51.9 Å². The van der Waals surface area contributed by atoms with Crippen molar-refractivity contribution in [2.45, 2.75) is 84.5 Å². The average Bonchev–Trinajstić information content (AvgIpc) is 3.39. The van der Waals surface area contributed by atoms with Crippen molar-refractivity contribution in [1.82, 2.24) is 0 Å². The Hall–Kier alpha value is -1.74. The molecule has 0 aliphatic heterocycles. The fourth-order valence-corrected chi connectivity index (χ4v) is 5.58. The molecular formula is C25H41O10P. The van der Waals surface area contributed by atoms with Gasteiger partial charge in [0.15, 0.2) is 5.41 Å². The van der Waals surface area contributed by atoms with E-state index in [4.69, 9.17) is 24.0 Å². The van der Waals surface area contributed by atoms with E-state index in [1.54, 1.807) is 13.8 Å². The number of fused-ring (bicyclic) bond motifs is 1. The number of carbonyl (C=O) groups is 3. The number of carbonyl (C=O) groups excluding carboxylic acids is 3. The van der Waals surface area contributed by atoms with Crippen LogP contribution < -0.4 is 0 Å². The third kappa shape index (κ3) is 8.13. The molecule has 2 N–H and O–H groups in total. The Morgan fingerprint density at radius 2 is 1.33 bits per heavy atom. The highest BCUT2D eigenvalue weighted by Gasteiger charge is 2.73. The van der Waals surface area contributed by atoms with Gasteiger partial charge in [-0.3, -0.25) is 14.1 Å². The lowest BCUT2D eigenvalue weighted by atomic mass is 9.79. The summed E-state index contributed by atoms with van der Waals surface area (Å²) in [6.45, 7) is 8.03. The van der Waals surface area contributed by atoms with E-state index >= 15 is 0 Å². The molecule has 0 saturated heterocycles. The number of hydrogen-bond donors (Lipinski definition) is 2. The molecule has 10 nitrogen and oxygen atoms in total. The third-order valence-corrected chi connectivity index (χ3v) is 7.67. The van der Waals surface area contributed by atoms with E-state index < -0.39 is 36.6 Å². The van der Waals surface area contributed by atoms with Crippen molar-refractivity contribution in [3.05, 3.63) is 12.2 Å². The maximum absolute atomic E-state index is 12.7. The van der Waals surface area contributed by atoms with Gasteiger partial charge in [-0.1, -0.05) is 45.1 Å². The molecule has 2 aliphatic rings. The van der Waals surface area contributed by atoms with Gasteiger partial charge in [0.2, 0.25) is 0 Å². The molecule has 0 radical (unpaired) electrons. The Bertz CT molecular complexity index is 817. The number of hydrogen-bond acceptors (Lipinski definition) is 8. The summed E-state index contributed by atoms with van der Waals surface area (Å²) in [7, 11) is -4.36. The van der Waals surface area contributed by atoms with Crippen LogP contribution in [0.3, 0.4) is 0 Å². The number of ether oxygens (including phenoxy) is 3. The van der Waals surface area contributed by atoms with Crippen LogP contribution in [0.2, 0.25) is 0 Å². The van der Waals surface area contributed by atoms with Crippen LogP contribution in [0.4, 0.5) is 0 Å². The summed E-state index contributed by atoms with van der Waals surface area (Å²) < 4.78 is 30.8. The molecule has 0 aromatic rings. The molecule has 11 heteroatoms. The predicted octanol–water partition coefficient (Wildman–Crippen LogP) is 4.23. The highest BCUT2D eigenvalue weighted by Crippen LogP contribution is 2.72. The molecule has 2 atom stereocenters. The number of esters is 3. The van der Waals surface area contributed by atoms with Crippen LogP contribution in [0.1, 0.15) is 84.5 Å².